The van der Waals surface area contributed by atoms with Crippen molar-refractivity contribution in [1.29, 1.82) is 0 Å². The summed E-state index contributed by atoms with van der Waals surface area (Å²) in [5, 5.41) is 12.1. The lowest BCUT2D eigenvalue weighted by molar-refractivity contribution is -0.133. The van der Waals surface area contributed by atoms with Crippen LogP contribution in [0.15, 0.2) is 28.6 Å². The molecule has 0 radical (unpaired) electrons. The van der Waals surface area contributed by atoms with Crippen LogP contribution in [0.2, 0.25) is 0 Å². The molecule has 2 N–H and O–H groups in total. The first-order valence-corrected chi connectivity index (χ1v) is 11.5. The van der Waals surface area contributed by atoms with Crippen LogP contribution in [-0.4, -0.2) is 52.6 Å². The number of carboxylic acids is 1. The van der Waals surface area contributed by atoms with Gasteiger partial charge in [-0.15, -0.1) is 11.8 Å². The van der Waals surface area contributed by atoms with Gasteiger partial charge in [0.1, 0.15) is 0 Å². The Bertz CT molecular complexity index is 935. The number of aromatic nitrogens is 1. The fraction of sp³-hybridized carbons (Fsp3) is 0.450. The van der Waals surface area contributed by atoms with Crippen molar-refractivity contribution in [3.8, 4) is 11.5 Å². The number of rotatable bonds is 6. The highest BCUT2D eigenvalue weighted by atomic mass is 32.2. The Morgan fingerprint density at radius 3 is 3.00 bits per heavy atom. The number of carbonyl (C=O) groups excluding carboxylic acids is 1. The van der Waals surface area contributed by atoms with Gasteiger partial charge < -0.3 is 19.5 Å². The number of urea groups is 1. The third-order valence-electron chi connectivity index (χ3n) is 5.42. The van der Waals surface area contributed by atoms with Crippen LogP contribution in [-0.2, 0) is 4.79 Å². The Hall–Kier alpha value is -2.46. The van der Waals surface area contributed by atoms with Gasteiger partial charge in [-0.05, 0) is 42.9 Å². The van der Waals surface area contributed by atoms with Crippen LogP contribution >= 0.6 is 23.1 Å². The number of nitrogens with zero attached hydrogens (tertiary/aromatic N) is 2. The molecule has 10 heteroatoms. The predicted molar refractivity (Wildman–Crippen MR) is 115 cm³/mol. The molecule has 2 aromatic rings. The molecule has 2 amide bonds. The monoisotopic (exact) mass is 449 g/mol. The molecule has 0 bridgehead atoms. The Morgan fingerprint density at radius 2 is 2.17 bits per heavy atom. The number of aliphatic carboxylic acids is 1. The summed E-state index contributed by atoms with van der Waals surface area (Å²) in [6.07, 6.45) is 5.57. The van der Waals surface area contributed by atoms with Crippen LogP contribution in [0.4, 0.5) is 9.93 Å². The maximum absolute atomic E-state index is 12.7. The Balaban J connectivity index is 1.35. The molecule has 2 unspecified atom stereocenters. The van der Waals surface area contributed by atoms with Crippen molar-refractivity contribution < 1.29 is 24.2 Å². The van der Waals surface area contributed by atoms with E-state index in [-0.39, 0.29) is 24.6 Å². The molecule has 1 aromatic heterocycles. The number of benzene rings is 1. The lowest BCUT2D eigenvalue weighted by Crippen LogP contribution is -2.42. The van der Waals surface area contributed by atoms with E-state index in [1.807, 2.05) is 13.1 Å². The predicted octanol–water partition coefficient (Wildman–Crippen LogP) is 4.24. The van der Waals surface area contributed by atoms with Crippen molar-refractivity contribution in [3.63, 3.8) is 0 Å². The number of carboxylic acid groups (broad SMARTS) is 1. The molecule has 2 atom stereocenters. The van der Waals surface area contributed by atoms with Gasteiger partial charge in [0.2, 0.25) is 6.79 Å². The first kappa shape index (κ1) is 20.8. The quantitative estimate of drug-likeness (QED) is 0.636. The Labute approximate surface area is 182 Å². The van der Waals surface area contributed by atoms with E-state index < -0.39 is 5.97 Å². The van der Waals surface area contributed by atoms with Gasteiger partial charge in [0, 0.05) is 13.1 Å². The van der Waals surface area contributed by atoms with Gasteiger partial charge in [-0.3, -0.25) is 10.1 Å². The number of fused-ring (bicyclic) bond motifs is 1. The molecule has 1 aliphatic heterocycles. The summed E-state index contributed by atoms with van der Waals surface area (Å²) < 4.78 is 11.7. The van der Waals surface area contributed by atoms with E-state index in [4.69, 9.17) is 14.6 Å². The third kappa shape index (κ3) is 4.81. The molecule has 1 fully saturated rings. The van der Waals surface area contributed by atoms with Gasteiger partial charge in [-0.1, -0.05) is 23.8 Å². The number of nitrogens with one attached hydrogen (secondary N) is 1. The van der Waals surface area contributed by atoms with Crippen LogP contribution in [0.25, 0.3) is 0 Å². The smallest absolute Gasteiger partial charge is 0.323 e. The van der Waals surface area contributed by atoms with Gasteiger partial charge >= 0.3 is 12.0 Å². The summed E-state index contributed by atoms with van der Waals surface area (Å²) >= 11 is 2.47. The van der Waals surface area contributed by atoms with Crippen LogP contribution in [0, 0.1) is 0 Å². The summed E-state index contributed by atoms with van der Waals surface area (Å²) in [5.74, 6) is 1.03. The summed E-state index contributed by atoms with van der Waals surface area (Å²) in [6.45, 7) is 0.266. The van der Waals surface area contributed by atoms with Gasteiger partial charge in [-0.25, -0.2) is 9.78 Å². The van der Waals surface area contributed by atoms with Crippen molar-refractivity contribution >= 4 is 40.2 Å². The standard InChI is InChI=1S/C20H23N3O5S2/c1-23(20(26)22-19-21-9-18(30-19)29-10-17(24)25)14-4-2-3-12(7-14)13-5-6-15-16(8-13)28-11-27-15/h5-6,8-9,12,14H,2-4,7,10-11H2,1H3,(H,24,25)(H,21,22,26). The number of amides is 2. The molecule has 1 aromatic carbocycles. The number of thiazole rings is 1. The summed E-state index contributed by atoms with van der Waals surface area (Å²) in [5.41, 5.74) is 1.22. The zero-order valence-corrected chi connectivity index (χ0v) is 18.1. The van der Waals surface area contributed by atoms with Crippen molar-refractivity contribution in [2.24, 2.45) is 0 Å². The largest absolute Gasteiger partial charge is 0.481 e. The van der Waals surface area contributed by atoms with Crippen molar-refractivity contribution in [1.82, 2.24) is 9.88 Å². The van der Waals surface area contributed by atoms with E-state index >= 15 is 0 Å². The van der Waals surface area contributed by atoms with E-state index in [2.05, 4.69) is 22.4 Å². The van der Waals surface area contributed by atoms with Gasteiger partial charge in [-0.2, -0.15) is 0 Å². The Kier molecular flexibility index (Phi) is 6.33. The fourth-order valence-corrected chi connectivity index (χ4v) is 5.43. The molecule has 160 valence electrons. The van der Waals surface area contributed by atoms with Crippen molar-refractivity contribution in [2.75, 3.05) is 24.9 Å². The average molecular weight is 450 g/mol. The SMILES string of the molecule is CN(C(=O)Nc1ncc(SCC(=O)O)s1)C1CCCC(c2ccc3c(c2)OCO3)C1. The van der Waals surface area contributed by atoms with Crippen LogP contribution < -0.4 is 14.8 Å². The third-order valence-corrected chi connectivity index (χ3v) is 7.51. The topological polar surface area (TPSA) is 101 Å². The number of hydrogen-bond acceptors (Lipinski definition) is 7. The molecule has 1 aliphatic carbocycles. The van der Waals surface area contributed by atoms with Gasteiger partial charge in [0.05, 0.1) is 16.2 Å². The number of ether oxygens (including phenoxy) is 2. The van der Waals surface area contributed by atoms with Crippen LogP contribution in [0.3, 0.4) is 0 Å². The fourth-order valence-electron chi connectivity index (χ4n) is 3.85. The first-order chi connectivity index (χ1) is 14.5. The molecule has 1 saturated carbocycles. The normalized spacial score (nSPS) is 20.0. The summed E-state index contributed by atoms with van der Waals surface area (Å²) in [7, 11) is 1.82. The molecule has 0 saturated heterocycles. The van der Waals surface area contributed by atoms with Crippen LogP contribution in [0.5, 0.6) is 11.5 Å². The summed E-state index contributed by atoms with van der Waals surface area (Å²) in [4.78, 5) is 29.3. The lowest BCUT2D eigenvalue weighted by atomic mass is 9.81. The maximum atomic E-state index is 12.7. The minimum absolute atomic E-state index is 0.0290. The number of hydrogen-bond donors (Lipinski definition) is 2. The molecule has 0 spiro atoms. The van der Waals surface area contributed by atoms with E-state index in [0.29, 0.717) is 11.0 Å². The second-order valence-corrected chi connectivity index (χ2v) is 9.64. The minimum atomic E-state index is -0.881. The number of thioether (sulfide) groups is 1. The van der Waals surface area contributed by atoms with E-state index in [1.54, 1.807) is 11.1 Å². The molecule has 30 heavy (non-hydrogen) atoms. The highest BCUT2D eigenvalue weighted by molar-refractivity contribution is 8.01. The highest BCUT2D eigenvalue weighted by Crippen LogP contribution is 2.40. The van der Waals surface area contributed by atoms with E-state index in [9.17, 15) is 9.59 Å². The first-order valence-electron chi connectivity index (χ1n) is 9.73. The average Bonchev–Trinajstić information content (AvgIpc) is 3.40. The molecule has 2 heterocycles. The second-order valence-electron chi connectivity index (χ2n) is 7.34. The Morgan fingerprint density at radius 1 is 1.33 bits per heavy atom. The molecule has 8 nitrogen and oxygen atoms in total. The zero-order valence-electron chi connectivity index (χ0n) is 16.5. The highest BCUT2D eigenvalue weighted by Gasteiger charge is 2.29. The zero-order chi connectivity index (χ0) is 21.1. The lowest BCUT2D eigenvalue weighted by Gasteiger charge is -2.35. The van der Waals surface area contributed by atoms with E-state index in [1.165, 1.54) is 28.7 Å². The van der Waals surface area contributed by atoms with Gasteiger partial charge in [0.15, 0.2) is 16.6 Å². The molecule has 2 aliphatic rings. The van der Waals surface area contributed by atoms with Crippen molar-refractivity contribution in [3.05, 3.63) is 30.0 Å². The summed E-state index contributed by atoms with van der Waals surface area (Å²) in [6, 6.07) is 6.04. The minimum Gasteiger partial charge on any atom is -0.481 e. The molecular weight excluding hydrogens is 426 g/mol. The molecule has 4 rings (SSSR count). The van der Waals surface area contributed by atoms with Crippen LogP contribution in [0.1, 0.15) is 37.2 Å². The van der Waals surface area contributed by atoms with Gasteiger partial charge in [0.25, 0.3) is 0 Å². The van der Waals surface area contributed by atoms with Crippen molar-refractivity contribution in [2.45, 2.75) is 41.9 Å². The second kappa shape index (κ2) is 9.13. The number of anilines is 1. The maximum Gasteiger partial charge on any atom is 0.323 e. The number of carbonyl (C=O) groups is 2. The van der Waals surface area contributed by atoms with E-state index in [0.717, 1.165) is 41.4 Å². The molecular formula is C20H23N3O5S2.